The van der Waals surface area contributed by atoms with E-state index >= 15 is 0 Å². The molecule has 6 heteroatoms. The Labute approximate surface area is 90.2 Å². The molecule has 0 amide bonds. The van der Waals surface area contributed by atoms with E-state index in [9.17, 15) is 8.42 Å². The first-order valence-electron chi connectivity index (χ1n) is 5.56. The van der Waals surface area contributed by atoms with Crippen molar-refractivity contribution in [1.82, 2.24) is 9.03 Å². The van der Waals surface area contributed by atoms with E-state index in [1.807, 2.05) is 0 Å². The van der Waals surface area contributed by atoms with Gasteiger partial charge in [-0.05, 0) is 31.6 Å². The van der Waals surface area contributed by atoms with E-state index in [-0.39, 0.29) is 11.6 Å². The maximum Gasteiger partial charge on any atom is 0.279 e. The molecule has 86 valence electrons. The lowest BCUT2D eigenvalue weighted by Gasteiger charge is -2.46. The number of rotatable bonds is 4. The van der Waals surface area contributed by atoms with Crippen LogP contribution in [0.3, 0.4) is 0 Å². The molecular formula is C9H17N3O2S. The first-order valence-corrected chi connectivity index (χ1v) is 7.00. The van der Waals surface area contributed by atoms with Gasteiger partial charge in [0.1, 0.15) is 0 Å². The largest absolute Gasteiger partial charge is 0.323 e. The second-order valence-corrected chi connectivity index (χ2v) is 6.87. The molecule has 0 unspecified atom stereocenters. The van der Waals surface area contributed by atoms with Gasteiger partial charge in [0.05, 0.1) is 0 Å². The smallest absolute Gasteiger partial charge is 0.279 e. The highest BCUT2D eigenvalue weighted by atomic mass is 32.2. The predicted octanol–water partition coefficient (Wildman–Crippen LogP) is -0.594. The van der Waals surface area contributed by atoms with E-state index in [2.05, 4.69) is 4.72 Å². The second-order valence-electron chi connectivity index (χ2n) is 5.17. The van der Waals surface area contributed by atoms with Crippen molar-refractivity contribution in [2.24, 2.45) is 11.7 Å². The second kappa shape index (κ2) is 2.94. The van der Waals surface area contributed by atoms with Crippen LogP contribution in [0.15, 0.2) is 0 Å². The molecule has 15 heavy (non-hydrogen) atoms. The van der Waals surface area contributed by atoms with Crippen LogP contribution in [0, 0.1) is 5.92 Å². The van der Waals surface area contributed by atoms with Crippen molar-refractivity contribution in [3.63, 3.8) is 0 Å². The summed E-state index contributed by atoms with van der Waals surface area (Å²) in [4.78, 5) is 0. The summed E-state index contributed by atoms with van der Waals surface area (Å²) < 4.78 is 27.7. The maximum absolute atomic E-state index is 11.8. The van der Waals surface area contributed by atoms with Crippen molar-refractivity contribution >= 4 is 10.2 Å². The number of nitrogens with one attached hydrogen (secondary N) is 1. The molecule has 1 saturated heterocycles. The van der Waals surface area contributed by atoms with Gasteiger partial charge >= 0.3 is 0 Å². The zero-order valence-electron chi connectivity index (χ0n) is 8.65. The lowest BCUT2D eigenvalue weighted by molar-refractivity contribution is 0.133. The molecule has 1 heterocycles. The summed E-state index contributed by atoms with van der Waals surface area (Å²) >= 11 is 0. The molecule has 2 saturated carbocycles. The molecule has 3 N–H and O–H groups in total. The third-order valence-electron chi connectivity index (χ3n) is 3.56. The number of hydrogen-bond acceptors (Lipinski definition) is 3. The molecule has 0 aromatic carbocycles. The van der Waals surface area contributed by atoms with Crippen LogP contribution in [-0.4, -0.2) is 37.4 Å². The van der Waals surface area contributed by atoms with Crippen LogP contribution >= 0.6 is 0 Å². The van der Waals surface area contributed by atoms with Crippen LogP contribution in [0.2, 0.25) is 0 Å². The van der Waals surface area contributed by atoms with Crippen LogP contribution in [0.25, 0.3) is 0 Å². The minimum Gasteiger partial charge on any atom is -0.323 e. The third kappa shape index (κ3) is 1.80. The van der Waals surface area contributed by atoms with Gasteiger partial charge in [0.2, 0.25) is 0 Å². The van der Waals surface area contributed by atoms with Gasteiger partial charge in [0.25, 0.3) is 10.2 Å². The van der Waals surface area contributed by atoms with Crippen molar-refractivity contribution < 1.29 is 8.42 Å². The van der Waals surface area contributed by atoms with Crippen LogP contribution in [0.4, 0.5) is 0 Å². The minimum atomic E-state index is -3.23. The highest BCUT2D eigenvalue weighted by Gasteiger charge is 2.54. The van der Waals surface area contributed by atoms with Gasteiger partial charge in [0, 0.05) is 24.7 Å². The fraction of sp³-hybridized carbons (Fsp3) is 1.00. The molecule has 0 aromatic rings. The minimum absolute atomic E-state index is 0.184. The molecule has 5 nitrogen and oxygen atoms in total. The van der Waals surface area contributed by atoms with E-state index in [0.717, 1.165) is 12.8 Å². The highest BCUT2D eigenvalue weighted by Crippen LogP contribution is 2.43. The van der Waals surface area contributed by atoms with Crippen LogP contribution in [-0.2, 0) is 10.2 Å². The van der Waals surface area contributed by atoms with Gasteiger partial charge in [-0.1, -0.05) is 0 Å². The Balaban J connectivity index is 1.60. The summed E-state index contributed by atoms with van der Waals surface area (Å²) in [6.45, 7) is 0.999. The lowest BCUT2D eigenvalue weighted by Crippen LogP contribution is -2.71. The van der Waals surface area contributed by atoms with Gasteiger partial charge in [-0.15, -0.1) is 0 Å². The summed E-state index contributed by atoms with van der Waals surface area (Å²) in [5, 5.41) is 0. The Hall–Kier alpha value is -0.170. The normalized spacial score (nSPS) is 31.3. The molecule has 0 radical (unpaired) electrons. The summed E-state index contributed by atoms with van der Waals surface area (Å²) in [6.07, 6.45) is 4.29. The SMILES string of the molecule is NC1(C2CC2)CN(S(=O)(=O)NC2CC2)C1. The molecule has 1 aliphatic heterocycles. The molecule has 0 aromatic heterocycles. The quantitative estimate of drug-likeness (QED) is 0.679. The third-order valence-corrected chi connectivity index (χ3v) is 5.13. The van der Waals surface area contributed by atoms with E-state index in [1.54, 1.807) is 0 Å². The molecule has 3 rings (SSSR count). The summed E-state index contributed by atoms with van der Waals surface area (Å²) in [7, 11) is -3.23. The maximum atomic E-state index is 11.8. The average Bonchev–Trinajstić information content (AvgIpc) is 2.89. The van der Waals surface area contributed by atoms with Crippen LogP contribution < -0.4 is 10.5 Å². The fourth-order valence-corrected chi connectivity index (χ4v) is 3.81. The zero-order chi connectivity index (χ0) is 10.7. The Morgan fingerprint density at radius 2 is 1.80 bits per heavy atom. The lowest BCUT2D eigenvalue weighted by atomic mass is 9.88. The topological polar surface area (TPSA) is 75.4 Å². The van der Waals surface area contributed by atoms with Crippen molar-refractivity contribution in [2.45, 2.75) is 37.3 Å². The molecule has 0 spiro atoms. The van der Waals surface area contributed by atoms with Gasteiger partial charge in [0.15, 0.2) is 0 Å². The average molecular weight is 231 g/mol. The Morgan fingerprint density at radius 3 is 2.27 bits per heavy atom. The van der Waals surface area contributed by atoms with E-state index in [0.29, 0.717) is 19.0 Å². The number of nitrogens with two attached hydrogens (primary N) is 1. The van der Waals surface area contributed by atoms with E-state index < -0.39 is 10.2 Å². The Morgan fingerprint density at radius 1 is 1.20 bits per heavy atom. The molecule has 3 aliphatic rings. The number of nitrogens with zero attached hydrogens (tertiary/aromatic N) is 1. The van der Waals surface area contributed by atoms with Crippen molar-refractivity contribution in [2.75, 3.05) is 13.1 Å². The van der Waals surface area contributed by atoms with Gasteiger partial charge < -0.3 is 5.73 Å². The van der Waals surface area contributed by atoms with Crippen molar-refractivity contribution in [3.05, 3.63) is 0 Å². The summed E-state index contributed by atoms with van der Waals surface area (Å²) in [5.41, 5.74) is 5.88. The summed E-state index contributed by atoms with van der Waals surface area (Å²) in [5.74, 6) is 0.560. The van der Waals surface area contributed by atoms with Crippen LogP contribution in [0.1, 0.15) is 25.7 Å². The highest BCUT2D eigenvalue weighted by molar-refractivity contribution is 7.87. The molecule has 0 atom stereocenters. The zero-order valence-corrected chi connectivity index (χ0v) is 9.46. The van der Waals surface area contributed by atoms with Gasteiger partial charge in [-0.2, -0.15) is 17.4 Å². The van der Waals surface area contributed by atoms with Crippen LogP contribution in [0.5, 0.6) is 0 Å². The fourth-order valence-electron chi connectivity index (χ4n) is 2.18. The van der Waals surface area contributed by atoms with Gasteiger partial charge in [-0.3, -0.25) is 0 Å². The first-order chi connectivity index (χ1) is 7.00. The molecule has 0 bridgehead atoms. The standard InChI is InChI=1S/C9H17N3O2S/c10-9(7-1-2-7)5-12(6-9)15(13,14)11-8-3-4-8/h7-8,11H,1-6,10H2. The van der Waals surface area contributed by atoms with Crippen molar-refractivity contribution in [1.29, 1.82) is 0 Å². The first kappa shape index (κ1) is 10.0. The molecule has 3 fully saturated rings. The molecular weight excluding hydrogens is 214 g/mol. The summed E-state index contributed by atoms with van der Waals surface area (Å²) in [6, 6.07) is 0.184. The van der Waals surface area contributed by atoms with E-state index in [1.165, 1.54) is 17.1 Å². The Bertz CT molecular complexity index is 367. The van der Waals surface area contributed by atoms with E-state index in [4.69, 9.17) is 5.73 Å². The Kier molecular flexibility index (Phi) is 1.96. The van der Waals surface area contributed by atoms with Gasteiger partial charge in [-0.25, -0.2) is 0 Å². The monoisotopic (exact) mass is 231 g/mol. The number of hydrogen-bond donors (Lipinski definition) is 2. The predicted molar refractivity (Wildman–Crippen MR) is 56.3 cm³/mol. The molecule has 2 aliphatic carbocycles. The van der Waals surface area contributed by atoms with Crippen molar-refractivity contribution in [3.8, 4) is 0 Å².